The first-order chi connectivity index (χ1) is 6.31. The fraction of sp³-hybridized carbons (Fsp3) is 0.818. The summed E-state index contributed by atoms with van der Waals surface area (Å²) in [5.41, 5.74) is 0. The van der Waals surface area contributed by atoms with Gasteiger partial charge in [0.1, 0.15) is 0 Å². The first-order valence-corrected chi connectivity index (χ1v) is 5.15. The molecule has 1 unspecified atom stereocenters. The highest BCUT2D eigenvalue weighted by Crippen LogP contribution is 1.98. The molecular weight excluding hydrogens is 162 g/mol. The minimum atomic E-state index is 0.327. The van der Waals surface area contributed by atoms with Crippen LogP contribution in [-0.2, 0) is 4.74 Å². The Bertz CT molecular complexity index is 115. The monoisotopic (exact) mass is 185 g/mol. The van der Waals surface area contributed by atoms with Crippen molar-refractivity contribution in [1.82, 2.24) is 5.32 Å². The number of nitrogens with one attached hydrogen (secondary N) is 1. The van der Waals surface area contributed by atoms with Crippen molar-refractivity contribution in [2.45, 2.75) is 38.7 Å². The number of unbranched alkanes of at least 4 members (excludes halogenated alkanes) is 3. The van der Waals surface area contributed by atoms with E-state index in [9.17, 15) is 0 Å². The van der Waals surface area contributed by atoms with Gasteiger partial charge in [0.2, 0.25) is 0 Å². The van der Waals surface area contributed by atoms with E-state index >= 15 is 0 Å². The Labute approximate surface area is 82.4 Å². The van der Waals surface area contributed by atoms with Crippen molar-refractivity contribution >= 4 is 0 Å². The van der Waals surface area contributed by atoms with Gasteiger partial charge in [0, 0.05) is 13.7 Å². The fourth-order valence-electron chi connectivity index (χ4n) is 1.10. The molecule has 2 heteroatoms. The molecule has 0 aliphatic carbocycles. The molecule has 1 N–H and O–H groups in total. The number of hydrogen-bond donors (Lipinski definition) is 1. The molecular formula is C11H23NO. The predicted molar refractivity (Wildman–Crippen MR) is 58.0 cm³/mol. The van der Waals surface area contributed by atoms with Crippen molar-refractivity contribution in [3.63, 3.8) is 0 Å². The van der Waals surface area contributed by atoms with Crippen LogP contribution in [0.1, 0.15) is 32.6 Å². The number of methoxy groups -OCH3 is 1. The Morgan fingerprint density at radius 2 is 2.15 bits per heavy atom. The van der Waals surface area contributed by atoms with Gasteiger partial charge in [0.05, 0.1) is 6.10 Å². The van der Waals surface area contributed by atoms with Gasteiger partial charge in [-0.15, -0.1) is 6.58 Å². The first kappa shape index (κ1) is 12.7. The van der Waals surface area contributed by atoms with Crippen molar-refractivity contribution in [2.75, 3.05) is 20.2 Å². The third-order valence-corrected chi connectivity index (χ3v) is 2.10. The number of ether oxygens (including phenoxy) is 1. The van der Waals surface area contributed by atoms with E-state index in [2.05, 4.69) is 18.8 Å². The molecule has 2 nitrogen and oxygen atoms in total. The maximum absolute atomic E-state index is 5.12. The normalized spacial score (nSPS) is 12.8. The molecule has 0 aromatic rings. The van der Waals surface area contributed by atoms with Crippen LogP contribution in [0.15, 0.2) is 12.7 Å². The minimum Gasteiger partial charge on any atom is -0.380 e. The van der Waals surface area contributed by atoms with E-state index in [4.69, 9.17) is 4.74 Å². The summed E-state index contributed by atoms with van der Waals surface area (Å²) < 4.78 is 5.12. The number of allylic oxidation sites excluding steroid dienone is 1. The lowest BCUT2D eigenvalue weighted by molar-refractivity contribution is 0.117. The highest BCUT2D eigenvalue weighted by Gasteiger charge is 1.96. The van der Waals surface area contributed by atoms with Crippen LogP contribution < -0.4 is 5.32 Å². The summed E-state index contributed by atoms with van der Waals surface area (Å²) in [6.45, 7) is 7.83. The van der Waals surface area contributed by atoms with E-state index in [1.165, 1.54) is 19.3 Å². The number of rotatable bonds is 9. The van der Waals surface area contributed by atoms with Crippen molar-refractivity contribution in [3.05, 3.63) is 12.7 Å². The highest BCUT2D eigenvalue weighted by molar-refractivity contribution is 4.65. The average molecular weight is 185 g/mol. The molecule has 0 aliphatic heterocycles. The fourth-order valence-corrected chi connectivity index (χ4v) is 1.10. The van der Waals surface area contributed by atoms with Crippen LogP contribution in [0.3, 0.4) is 0 Å². The molecule has 1 atom stereocenters. The van der Waals surface area contributed by atoms with Gasteiger partial charge in [-0.3, -0.25) is 0 Å². The van der Waals surface area contributed by atoms with Gasteiger partial charge in [-0.25, -0.2) is 0 Å². The summed E-state index contributed by atoms with van der Waals surface area (Å²) in [7, 11) is 1.75. The van der Waals surface area contributed by atoms with Crippen LogP contribution in [0.4, 0.5) is 0 Å². The molecule has 0 amide bonds. The Morgan fingerprint density at radius 3 is 2.77 bits per heavy atom. The summed E-state index contributed by atoms with van der Waals surface area (Å²) in [6, 6.07) is 0. The zero-order valence-electron chi connectivity index (χ0n) is 9.01. The molecule has 0 spiro atoms. The SMILES string of the molecule is C=CCCCCCNCC(C)OC. The second-order valence-corrected chi connectivity index (χ2v) is 3.39. The van der Waals surface area contributed by atoms with Crippen LogP contribution in [-0.4, -0.2) is 26.3 Å². The maximum Gasteiger partial charge on any atom is 0.0667 e. The van der Waals surface area contributed by atoms with Crippen LogP contribution in [0.5, 0.6) is 0 Å². The minimum absolute atomic E-state index is 0.327. The van der Waals surface area contributed by atoms with Gasteiger partial charge >= 0.3 is 0 Å². The molecule has 0 fully saturated rings. The maximum atomic E-state index is 5.12. The van der Waals surface area contributed by atoms with Gasteiger partial charge in [-0.2, -0.15) is 0 Å². The van der Waals surface area contributed by atoms with Crippen molar-refractivity contribution in [2.24, 2.45) is 0 Å². The molecule has 0 aliphatic rings. The summed E-state index contributed by atoms with van der Waals surface area (Å²) in [5, 5.41) is 3.36. The molecule has 0 aromatic carbocycles. The standard InChI is InChI=1S/C11H23NO/c1-4-5-6-7-8-9-12-10-11(2)13-3/h4,11-12H,1,5-10H2,2-3H3. The molecule has 0 saturated carbocycles. The van der Waals surface area contributed by atoms with Crippen LogP contribution in [0.25, 0.3) is 0 Å². The quantitative estimate of drug-likeness (QED) is 0.440. The lowest BCUT2D eigenvalue weighted by Gasteiger charge is -2.10. The van der Waals surface area contributed by atoms with Crippen molar-refractivity contribution in [3.8, 4) is 0 Å². The summed E-state index contributed by atoms with van der Waals surface area (Å²) in [5.74, 6) is 0. The van der Waals surface area contributed by atoms with Gasteiger partial charge in [-0.1, -0.05) is 12.5 Å². The molecule has 0 saturated heterocycles. The van der Waals surface area contributed by atoms with Crippen LogP contribution in [0, 0.1) is 0 Å². The second kappa shape index (κ2) is 9.75. The zero-order chi connectivity index (χ0) is 9.94. The molecule has 0 aromatic heterocycles. The first-order valence-electron chi connectivity index (χ1n) is 5.15. The number of hydrogen-bond acceptors (Lipinski definition) is 2. The van der Waals surface area contributed by atoms with Crippen molar-refractivity contribution < 1.29 is 4.74 Å². The Hall–Kier alpha value is -0.340. The molecule has 0 bridgehead atoms. The van der Waals surface area contributed by atoms with Gasteiger partial charge in [0.15, 0.2) is 0 Å². The Kier molecular flexibility index (Phi) is 9.49. The molecule has 0 rings (SSSR count). The molecule has 0 heterocycles. The summed E-state index contributed by atoms with van der Waals surface area (Å²) >= 11 is 0. The lowest BCUT2D eigenvalue weighted by Crippen LogP contribution is -2.26. The highest BCUT2D eigenvalue weighted by atomic mass is 16.5. The Balaban J connectivity index is 2.95. The van der Waals surface area contributed by atoms with E-state index in [0.717, 1.165) is 19.5 Å². The molecule has 78 valence electrons. The van der Waals surface area contributed by atoms with Gasteiger partial charge < -0.3 is 10.1 Å². The van der Waals surface area contributed by atoms with Crippen LogP contribution >= 0.6 is 0 Å². The second-order valence-electron chi connectivity index (χ2n) is 3.39. The van der Waals surface area contributed by atoms with Gasteiger partial charge in [-0.05, 0) is 32.7 Å². The zero-order valence-corrected chi connectivity index (χ0v) is 9.01. The van der Waals surface area contributed by atoms with E-state index in [1.54, 1.807) is 7.11 Å². The van der Waals surface area contributed by atoms with E-state index < -0.39 is 0 Å². The summed E-state index contributed by atoms with van der Waals surface area (Å²) in [6.07, 6.45) is 7.28. The Morgan fingerprint density at radius 1 is 1.38 bits per heavy atom. The largest absolute Gasteiger partial charge is 0.380 e. The molecule has 13 heavy (non-hydrogen) atoms. The predicted octanol–water partition coefficient (Wildman–Crippen LogP) is 2.36. The van der Waals surface area contributed by atoms with Crippen molar-refractivity contribution in [1.29, 1.82) is 0 Å². The smallest absolute Gasteiger partial charge is 0.0667 e. The van der Waals surface area contributed by atoms with Gasteiger partial charge in [0.25, 0.3) is 0 Å². The van der Waals surface area contributed by atoms with E-state index in [0.29, 0.717) is 6.10 Å². The topological polar surface area (TPSA) is 21.3 Å². The third kappa shape index (κ3) is 9.57. The summed E-state index contributed by atoms with van der Waals surface area (Å²) in [4.78, 5) is 0. The molecule has 0 radical (unpaired) electrons. The van der Waals surface area contributed by atoms with Crippen LogP contribution in [0.2, 0.25) is 0 Å². The lowest BCUT2D eigenvalue weighted by atomic mass is 10.2. The third-order valence-electron chi connectivity index (χ3n) is 2.10. The van der Waals surface area contributed by atoms with E-state index in [1.807, 2.05) is 6.08 Å². The van der Waals surface area contributed by atoms with E-state index in [-0.39, 0.29) is 0 Å². The average Bonchev–Trinajstić information content (AvgIpc) is 2.16.